The van der Waals surface area contributed by atoms with Gasteiger partial charge in [0.2, 0.25) is 6.79 Å². The molecule has 0 bridgehead atoms. The number of benzene rings is 2. The van der Waals surface area contributed by atoms with Crippen molar-refractivity contribution in [2.75, 3.05) is 6.79 Å². The van der Waals surface area contributed by atoms with Crippen molar-refractivity contribution in [1.82, 2.24) is 0 Å². The van der Waals surface area contributed by atoms with Gasteiger partial charge in [0.25, 0.3) is 0 Å². The fourth-order valence-corrected chi connectivity index (χ4v) is 3.57. The number of rotatable bonds is 10. The Morgan fingerprint density at radius 1 is 0.968 bits per heavy atom. The molecule has 0 saturated carbocycles. The largest absolute Gasteiger partial charge is 0.457 e. The second-order valence-corrected chi connectivity index (χ2v) is 7.58. The van der Waals surface area contributed by atoms with Gasteiger partial charge in [-0.15, -0.1) is 0 Å². The van der Waals surface area contributed by atoms with Gasteiger partial charge < -0.3 is 13.9 Å². The monoisotopic (exact) mass is 422 g/mol. The quantitative estimate of drug-likeness (QED) is 0.172. The molecule has 0 N–H and O–H groups in total. The minimum atomic E-state index is -0.379. The Hall–Kier alpha value is -3.08. The number of carbonyl (C=O) groups is 1. The standard InChI is InChI=1S/C26H30O5/c1-4-7-8-9-18-10-13-22(19(5-2)14-18)23-15-20-11-12-21(16-24(20)31-26(23)28)29-17-30-25(27)6-3/h10-16H,4-9,17H2,1-3H3. The van der Waals surface area contributed by atoms with Crippen molar-refractivity contribution in [2.45, 2.75) is 59.3 Å². The highest BCUT2D eigenvalue weighted by molar-refractivity contribution is 5.83. The van der Waals surface area contributed by atoms with E-state index in [4.69, 9.17) is 13.9 Å². The maximum Gasteiger partial charge on any atom is 0.344 e. The first-order chi connectivity index (χ1) is 15.0. The van der Waals surface area contributed by atoms with E-state index in [1.807, 2.05) is 18.2 Å². The van der Waals surface area contributed by atoms with Gasteiger partial charge in [-0.1, -0.05) is 51.8 Å². The molecule has 0 unspecified atom stereocenters. The molecule has 0 radical (unpaired) electrons. The van der Waals surface area contributed by atoms with Crippen LogP contribution >= 0.6 is 0 Å². The van der Waals surface area contributed by atoms with Crippen LogP contribution in [0.4, 0.5) is 0 Å². The summed E-state index contributed by atoms with van der Waals surface area (Å²) in [5, 5.41) is 0.807. The Balaban J connectivity index is 1.86. The lowest BCUT2D eigenvalue weighted by atomic mass is 9.94. The molecule has 0 aliphatic rings. The first-order valence-corrected chi connectivity index (χ1v) is 11.0. The molecule has 0 fully saturated rings. The molecular formula is C26H30O5. The SMILES string of the molecule is CCCCCc1ccc(-c2cc3ccc(OCOC(=O)CC)cc3oc2=O)c(CC)c1. The molecule has 0 saturated heterocycles. The fourth-order valence-electron chi connectivity index (χ4n) is 3.57. The zero-order valence-electron chi connectivity index (χ0n) is 18.5. The normalized spacial score (nSPS) is 10.9. The lowest BCUT2D eigenvalue weighted by molar-refractivity contribution is -0.149. The first kappa shape index (κ1) is 22.6. The molecule has 3 aromatic rings. The second kappa shape index (κ2) is 10.8. The van der Waals surface area contributed by atoms with E-state index in [1.165, 1.54) is 24.8 Å². The zero-order valence-corrected chi connectivity index (χ0v) is 18.5. The van der Waals surface area contributed by atoms with Crippen molar-refractivity contribution in [2.24, 2.45) is 0 Å². The van der Waals surface area contributed by atoms with E-state index in [1.54, 1.807) is 19.1 Å². The van der Waals surface area contributed by atoms with Crippen LogP contribution in [0.2, 0.25) is 0 Å². The highest BCUT2D eigenvalue weighted by atomic mass is 16.7. The summed E-state index contributed by atoms with van der Waals surface area (Å²) in [6.07, 6.45) is 5.80. The average molecular weight is 423 g/mol. The van der Waals surface area contributed by atoms with Gasteiger partial charge in [0.1, 0.15) is 11.3 Å². The highest BCUT2D eigenvalue weighted by Gasteiger charge is 2.13. The summed E-state index contributed by atoms with van der Waals surface area (Å²) in [7, 11) is 0. The topological polar surface area (TPSA) is 65.7 Å². The molecule has 0 aliphatic heterocycles. The van der Waals surface area contributed by atoms with Crippen molar-refractivity contribution in [3.05, 3.63) is 64.0 Å². The number of aryl methyl sites for hydroxylation is 2. The van der Waals surface area contributed by atoms with Crippen molar-refractivity contribution in [3.8, 4) is 16.9 Å². The molecule has 31 heavy (non-hydrogen) atoms. The molecule has 0 spiro atoms. The van der Waals surface area contributed by atoms with Crippen molar-refractivity contribution in [1.29, 1.82) is 0 Å². The molecule has 2 aromatic carbocycles. The molecule has 5 heteroatoms. The van der Waals surface area contributed by atoms with Gasteiger partial charge in [0.15, 0.2) is 0 Å². The van der Waals surface area contributed by atoms with Crippen LogP contribution in [-0.4, -0.2) is 12.8 Å². The van der Waals surface area contributed by atoms with Crippen LogP contribution in [0.1, 0.15) is 57.6 Å². The molecule has 5 nitrogen and oxygen atoms in total. The molecule has 0 aliphatic carbocycles. The first-order valence-electron chi connectivity index (χ1n) is 11.0. The highest BCUT2D eigenvalue weighted by Crippen LogP contribution is 2.28. The van der Waals surface area contributed by atoms with Crippen LogP contribution in [0.3, 0.4) is 0 Å². The van der Waals surface area contributed by atoms with Crippen molar-refractivity contribution >= 4 is 16.9 Å². The predicted octanol–water partition coefficient (Wildman–Crippen LogP) is 6.04. The summed E-state index contributed by atoms with van der Waals surface area (Å²) in [5.74, 6) is 0.137. The van der Waals surface area contributed by atoms with Crippen LogP contribution in [-0.2, 0) is 22.4 Å². The maximum absolute atomic E-state index is 12.8. The summed E-state index contributed by atoms with van der Waals surface area (Å²) in [6.45, 7) is 5.85. The Labute approximate surface area is 183 Å². The van der Waals surface area contributed by atoms with Crippen LogP contribution < -0.4 is 10.4 Å². The van der Waals surface area contributed by atoms with E-state index in [-0.39, 0.29) is 24.8 Å². The van der Waals surface area contributed by atoms with E-state index >= 15 is 0 Å². The molecule has 0 atom stereocenters. The molecule has 3 rings (SSSR count). The number of esters is 1. The predicted molar refractivity (Wildman–Crippen MR) is 122 cm³/mol. The summed E-state index contributed by atoms with van der Waals surface area (Å²) >= 11 is 0. The maximum atomic E-state index is 12.8. The third-order valence-electron chi connectivity index (χ3n) is 5.35. The zero-order chi connectivity index (χ0) is 22.2. The summed E-state index contributed by atoms with van der Waals surface area (Å²) in [6, 6.07) is 13.5. The van der Waals surface area contributed by atoms with Crippen LogP contribution in [0.25, 0.3) is 22.1 Å². The second-order valence-electron chi connectivity index (χ2n) is 7.58. The third-order valence-corrected chi connectivity index (χ3v) is 5.35. The van der Waals surface area contributed by atoms with Crippen LogP contribution in [0.15, 0.2) is 51.7 Å². The number of hydrogen-bond donors (Lipinski definition) is 0. The number of hydrogen-bond acceptors (Lipinski definition) is 5. The molecule has 1 aromatic heterocycles. The Kier molecular flexibility index (Phi) is 7.88. The van der Waals surface area contributed by atoms with Gasteiger partial charge in [-0.25, -0.2) is 4.79 Å². The Bertz CT molecular complexity index is 1100. The van der Waals surface area contributed by atoms with E-state index in [2.05, 4.69) is 26.0 Å². The van der Waals surface area contributed by atoms with E-state index in [0.717, 1.165) is 29.4 Å². The number of carbonyl (C=O) groups excluding carboxylic acids is 1. The van der Waals surface area contributed by atoms with Crippen molar-refractivity contribution < 1.29 is 18.7 Å². The van der Waals surface area contributed by atoms with Gasteiger partial charge in [-0.3, -0.25) is 4.79 Å². The Morgan fingerprint density at radius 2 is 1.81 bits per heavy atom. The lowest BCUT2D eigenvalue weighted by Gasteiger charge is -2.11. The summed E-state index contributed by atoms with van der Waals surface area (Å²) < 4.78 is 15.9. The van der Waals surface area contributed by atoms with Gasteiger partial charge in [-0.05, 0) is 54.2 Å². The molecule has 0 amide bonds. The van der Waals surface area contributed by atoms with E-state index < -0.39 is 0 Å². The van der Waals surface area contributed by atoms with E-state index in [0.29, 0.717) is 16.9 Å². The van der Waals surface area contributed by atoms with Gasteiger partial charge in [0, 0.05) is 17.9 Å². The molecular weight excluding hydrogens is 392 g/mol. The lowest BCUT2D eigenvalue weighted by Crippen LogP contribution is -2.09. The van der Waals surface area contributed by atoms with Gasteiger partial charge >= 0.3 is 11.6 Å². The van der Waals surface area contributed by atoms with Crippen LogP contribution in [0, 0.1) is 0 Å². The van der Waals surface area contributed by atoms with Crippen molar-refractivity contribution in [3.63, 3.8) is 0 Å². The minimum absolute atomic E-state index is 0.176. The number of fused-ring (bicyclic) bond motifs is 1. The minimum Gasteiger partial charge on any atom is -0.457 e. The molecule has 1 heterocycles. The third kappa shape index (κ3) is 5.75. The summed E-state index contributed by atoms with van der Waals surface area (Å²) in [4.78, 5) is 24.0. The van der Waals surface area contributed by atoms with Gasteiger partial charge in [-0.2, -0.15) is 0 Å². The average Bonchev–Trinajstić information content (AvgIpc) is 2.78. The van der Waals surface area contributed by atoms with Gasteiger partial charge in [0.05, 0.1) is 5.56 Å². The Morgan fingerprint density at radius 3 is 2.55 bits per heavy atom. The van der Waals surface area contributed by atoms with Crippen LogP contribution in [0.5, 0.6) is 5.75 Å². The summed E-state index contributed by atoms with van der Waals surface area (Å²) in [5.41, 5.74) is 4.00. The number of ether oxygens (including phenoxy) is 2. The number of unbranched alkanes of at least 4 members (excludes halogenated alkanes) is 2. The van der Waals surface area contributed by atoms with E-state index in [9.17, 15) is 9.59 Å². The molecule has 164 valence electrons. The smallest absolute Gasteiger partial charge is 0.344 e. The fraction of sp³-hybridized carbons (Fsp3) is 0.385.